The molecule has 2 aromatic rings. The monoisotopic (exact) mass is 878 g/mol. The highest BCUT2D eigenvalue weighted by molar-refractivity contribution is 7.91. The molecule has 0 unspecified atom stereocenters. The summed E-state index contributed by atoms with van der Waals surface area (Å²) in [7, 11) is 1.09. The Morgan fingerprint density at radius 2 is 1.82 bits per heavy atom. The number of nitrogens with one attached hydrogen (secondary N) is 2. The first kappa shape index (κ1) is 45.7. The number of rotatable bonds is 10. The van der Waals surface area contributed by atoms with Crippen molar-refractivity contribution in [1.82, 2.24) is 24.8 Å². The summed E-state index contributed by atoms with van der Waals surface area (Å²) in [4.78, 5) is 64.6. The van der Waals surface area contributed by atoms with Crippen LogP contribution in [0.5, 0.6) is 11.6 Å². The van der Waals surface area contributed by atoms with Crippen LogP contribution in [-0.2, 0) is 24.4 Å². The van der Waals surface area contributed by atoms with Gasteiger partial charge in [-0.2, -0.15) is 13.2 Å². The average Bonchev–Trinajstić information content (AvgIpc) is 4.06. The maximum atomic E-state index is 15.2. The molecule has 1 saturated heterocycles. The van der Waals surface area contributed by atoms with E-state index in [1.807, 2.05) is 44.1 Å². The lowest BCUT2D eigenvalue weighted by Crippen LogP contribution is -2.66. The highest BCUT2D eigenvalue weighted by Crippen LogP contribution is 2.48. The van der Waals surface area contributed by atoms with Gasteiger partial charge in [-0.15, -0.1) is 0 Å². The molecule has 3 heterocycles. The normalized spacial score (nSPS) is 28.6. The minimum Gasteiger partial charge on any atom is -0.494 e. The van der Waals surface area contributed by atoms with Crippen LogP contribution in [0.25, 0.3) is 10.8 Å². The van der Waals surface area contributed by atoms with E-state index in [2.05, 4.69) is 15.0 Å². The number of benzene rings is 1. The fourth-order valence-electron chi connectivity index (χ4n) is 8.64. The Balaban J connectivity index is 1.45. The fourth-order valence-corrected chi connectivity index (χ4v) is 9.95. The van der Waals surface area contributed by atoms with Gasteiger partial charge in [0.05, 0.1) is 24.6 Å². The number of carbonyl (C=O) groups excluding carboxylic acids is 3. The number of sulfonamides is 1. The Labute approximate surface area is 354 Å². The molecule has 4 amide bonds. The average molecular weight is 879 g/mol. The first-order valence-corrected chi connectivity index (χ1v) is 22.1. The molecule has 6 rings (SSSR count). The lowest BCUT2D eigenvalue weighted by Gasteiger charge is -2.46. The number of allylic oxidation sites excluding steroid dienone is 1. The van der Waals surface area contributed by atoms with Gasteiger partial charge in [0.25, 0.3) is 5.91 Å². The van der Waals surface area contributed by atoms with E-state index in [0.717, 1.165) is 10.6 Å². The summed E-state index contributed by atoms with van der Waals surface area (Å²) in [6, 6.07) is 2.10. The predicted molar refractivity (Wildman–Crippen MR) is 221 cm³/mol. The highest BCUT2D eigenvalue weighted by atomic mass is 32.2. The molecule has 61 heavy (non-hydrogen) atoms. The molecule has 3 fully saturated rings. The molecular formula is C42H57F3N6O9S. The van der Waals surface area contributed by atoms with Crippen LogP contribution in [-0.4, -0.2) is 120 Å². The SMILES string of the molecule is CC[C@@H]1C[C@@H](C)CC/C=C\[C@@H]2C[C@@]2(C(=O)NS(=O)(=O)C2(C)CC2)NC(=O)[C@@H]2C[C@@H](Oc3ncc(OC)c4cc(N(C)C)ccc34)CN2C(=O)[C@H]1N(C(=O)O)C(C)(C)C(F)(F)F. The molecule has 2 saturated carbocycles. The second kappa shape index (κ2) is 16.5. The maximum absolute atomic E-state index is 15.2. The number of aromatic nitrogens is 1. The molecule has 0 radical (unpaired) electrons. The topological polar surface area (TPSA) is 188 Å². The van der Waals surface area contributed by atoms with Gasteiger partial charge in [0.15, 0.2) is 0 Å². The first-order valence-electron chi connectivity index (χ1n) is 20.7. The van der Waals surface area contributed by atoms with E-state index in [1.54, 1.807) is 19.1 Å². The Bertz CT molecular complexity index is 2200. The van der Waals surface area contributed by atoms with Gasteiger partial charge in [-0.25, -0.2) is 18.2 Å². The van der Waals surface area contributed by atoms with Crippen LogP contribution in [0.3, 0.4) is 0 Å². The number of alkyl halides is 3. The molecule has 336 valence electrons. The summed E-state index contributed by atoms with van der Waals surface area (Å²) in [5, 5.41) is 14.5. The Kier molecular flexibility index (Phi) is 12.3. The number of methoxy groups -OCH3 is 1. The summed E-state index contributed by atoms with van der Waals surface area (Å²) < 4.78 is 84.1. The van der Waals surface area contributed by atoms with Crippen molar-refractivity contribution in [1.29, 1.82) is 0 Å². The molecule has 19 heteroatoms. The van der Waals surface area contributed by atoms with Gasteiger partial charge in [0.1, 0.15) is 35.0 Å². The predicted octanol–water partition coefficient (Wildman–Crippen LogP) is 5.62. The fraction of sp³-hybridized carbons (Fsp3) is 0.643. The number of anilines is 1. The third-order valence-corrected chi connectivity index (χ3v) is 15.3. The van der Waals surface area contributed by atoms with Crippen molar-refractivity contribution < 1.29 is 55.3 Å². The minimum absolute atomic E-state index is 0.0489. The zero-order valence-corrected chi connectivity index (χ0v) is 36.7. The van der Waals surface area contributed by atoms with Gasteiger partial charge >= 0.3 is 12.3 Å². The van der Waals surface area contributed by atoms with Crippen molar-refractivity contribution in [2.45, 2.75) is 126 Å². The number of fused-ring (bicyclic) bond motifs is 3. The van der Waals surface area contributed by atoms with Crippen molar-refractivity contribution in [3.63, 3.8) is 0 Å². The largest absolute Gasteiger partial charge is 0.494 e. The standard InChI is InChI=1S/C42H57F3N6O9S/c1-9-25-18-24(2)12-10-11-13-26-21-41(26,37(54)48-61(57,58)40(5)16-17-40)47-34(52)31-20-28(23-50(31)36(53)33(25)51(38(55)56)39(3,4)42(43,44)45)60-35-29-15-14-27(49(6)7)19-30(29)32(59-8)22-46-35/h11,13-15,19,22,24-26,28,31,33H,9-10,12,16-18,20-21,23H2,1-8H3,(H,47,52)(H,48,54)(H,55,56)/b13-11-/t24-,25+,26+,28+,31-,33-,41+/m0/s1. The molecule has 15 nitrogen and oxygen atoms in total. The molecule has 3 N–H and O–H groups in total. The van der Waals surface area contributed by atoms with E-state index < -0.39 is 85.9 Å². The van der Waals surface area contributed by atoms with Crippen molar-refractivity contribution in [2.24, 2.45) is 17.8 Å². The second-order valence-corrected chi connectivity index (χ2v) is 20.3. The number of hydrogen-bond acceptors (Lipinski definition) is 10. The third-order valence-electron chi connectivity index (χ3n) is 13.2. The van der Waals surface area contributed by atoms with E-state index in [0.29, 0.717) is 56.1 Å². The number of hydrogen-bond donors (Lipinski definition) is 3. The zero-order chi connectivity index (χ0) is 45.0. The van der Waals surface area contributed by atoms with E-state index in [4.69, 9.17) is 9.47 Å². The molecule has 0 spiro atoms. The summed E-state index contributed by atoms with van der Waals surface area (Å²) in [5.41, 5.74) is -3.92. The smallest absolute Gasteiger partial charge is 0.411 e. The molecule has 4 aliphatic rings. The van der Waals surface area contributed by atoms with Gasteiger partial charge in [-0.1, -0.05) is 32.4 Å². The van der Waals surface area contributed by atoms with Gasteiger partial charge in [0, 0.05) is 42.9 Å². The van der Waals surface area contributed by atoms with Crippen LogP contribution in [0.2, 0.25) is 0 Å². The van der Waals surface area contributed by atoms with Crippen LogP contribution in [0.4, 0.5) is 23.7 Å². The number of amides is 4. The molecule has 0 bridgehead atoms. The molecule has 2 aliphatic carbocycles. The number of carboxylic acid groups (broad SMARTS) is 1. The molecular weight excluding hydrogens is 822 g/mol. The lowest BCUT2D eigenvalue weighted by molar-refractivity contribution is -0.222. The first-order chi connectivity index (χ1) is 28.4. The van der Waals surface area contributed by atoms with Crippen LogP contribution in [0.1, 0.15) is 86.0 Å². The van der Waals surface area contributed by atoms with Crippen LogP contribution in [0, 0.1) is 17.8 Å². The summed E-state index contributed by atoms with van der Waals surface area (Å²) in [6.45, 7) is 6.12. The van der Waals surface area contributed by atoms with Gasteiger partial charge in [-0.3, -0.25) is 24.0 Å². The van der Waals surface area contributed by atoms with E-state index in [9.17, 15) is 41.1 Å². The maximum Gasteiger partial charge on any atom is 0.411 e. The van der Waals surface area contributed by atoms with Gasteiger partial charge in [0.2, 0.25) is 27.7 Å². The van der Waals surface area contributed by atoms with Crippen molar-refractivity contribution >= 4 is 50.3 Å². The number of carbonyl (C=O) groups is 4. The van der Waals surface area contributed by atoms with Gasteiger partial charge < -0.3 is 29.7 Å². The molecule has 1 aromatic heterocycles. The van der Waals surface area contributed by atoms with Crippen molar-refractivity contribution in [2.75, 3.05) is 32.6 Å². The number of ether oxygens (including phenoxy) is 2. The Morgan fingerprint density at radius 3 is 2.41 bits per heavy atom. The summed E-state index contributed by atoms with van der Waals surface area (Å²) in [6.07, 6.45) is -1.23. The Morgan fingerprint density at radius 1 is 1.13 bits per heavy atom. The molecule has 7 atom stereocenters. The van der Waals surface area contributed by atoms with E-state index in [-0.39, 0.29) is 48.9 Å². The highest BCUT2D eigenvalue weighted by Gasteiger charge is 2.64. The lowest BCUT2D eigenvalue weighted by atomic mass is 9.82. The molecule has 1 aromatic carbocycles. The molecule has 2 aliphatic heterocycles. The minimum atomic E-state index is -5.10. The number of pyridine rings is 1. The third kappa shape index (κ3) is 8.67. The van der Waals surface area contributed by atoms with Gasteiger partial charge in [-0.05, 0) is 89.3 Å². The number of halogens is 3. The van der Waals surface area contributed by atoms with E-state index in [1.165, 1.54) is 20.2 Å². The van der Waals surface area contributed by atoms with Crippen LogP contribution in [0.15, 0.2) is 36.5 Å². The Hall–Kier alpha value is -4.81. The van der Waals surface area contributed by atoms with E-state index >= 15 is 4.79 Å². The number of nitrogens with zero attached hydrogens (tertiary/aromatic N) is 4. The summed E-state index contributed by atoms with van der Waals surface area (Å²) in [5.74, 6) is -4.00. The second-order valence-electron chi connectivity index (χ2n) is 18.1. The van der Waals surface area contributed by atoms with Crippen LogP contribution < -0.4 is 24.4 Å². The van der Waals surface area contributed by atoms with Crippen LogP contribution >= 0.6 is 0 Å². The van der Waals surface area contributed by atoms with Crippen molar-refractivity contribution in [3.05, 3.63) is 36.5 Å². The quantitative estimate of drug-likeness (QED) is 0.252. The van der Waals surface area contributed by atoms with Crippen molar-refractivity contribution in [3.8, 4) is 11.6 Å². The summed E-state index contributed by atoms with van der Waals surface area (Å²) >= 11 is 0. The zero-order valence-electron chi connectivity index (χ0n) is 35.8.